The lowest BCUT2D eigenvalue weighted by atomic mass is 10.1. The van der Waals surface area contributed by atoms with E-state index in [4.69, 9.17) is 11.6 Å². The van der Waals surface area contributed by atoms with Gasteiger partial charge < -0.3 is 0 Å². The zero-order valence-corrected chi connectivity index (χ0v) is 17.0. The second-order valence-electron chi connectivity index (χ2n) is 6.96. The van der Waals surface area contributed by atoms with Crippen LogP contribution in [0.2, 0.25) is 5.02 Å². The minimum Gasteiger partial charge on any atom is -0.295 e. The molecule has 1 aliphatic rings. The van der Waals surface area contributed by atoms with Gasteiger partial charge in [0, 0.05) is 10.7 Å². The number of aromatic amines is 1. The molecule has 2 aromatic carbocycles. The highest BCUT2D eigenvalue weighted by atomic mass is 35.5. The van der Waals surface area contributed by atoms with E-state index in [0.717, 1.165) is 11.3 Å². The van der Waals surface area contributed by atoms with Crippen molar-refractivity contribution < 1.29 is 4.79 Å². The molecule has 6 nitrogen and oxygen atoms in total. The van der Waals surface area contributed by atoms with Gasteiger partial charge in [-0.25, -0.2) is 4.68 Å². The van der Waals surface area contributed by atoms with Gasteiger partial charge in [-0.15, -0.1) is 0 Å². The number of hydrazone groups is 1. The molecule has 0 saturated heterocycles. The Balaban J connectivity index is 1.72. The van der Waals surface area contributed by atoms with Gasteiger partial charge in [0.25, 0.3) is 11.5 Å². The molecular formula is C22H19ClN4O2. The molecule has 0 saturated carbocycles. The monoisotopic (exact) mass is 406 g/mol. The topological polar surface area (TPSA) is 70.5 Å². The van der Waals surface area contributed by atoms with E-state index in [1.54, 1.807) is 44.2 Å². The molecule has 2 heterocycles. The molecule has 0 spiro atoms. The molecule has 0 bridgehead atoms. The van der Waals surface area contributed by atoms with Crippen LogP contribution in [0.25, 0.3) is 11.8 Å². The standard InChI is InChI=1S/C22H19ClN4O2/c1-13-4-8-17(9-5-13)26-21(28)19(14(2)24-26)12-20-15(3)25-27(22(20)29)18-10-6-16(23)7-11-18/h4-12,24H,1-3H3/b20-12-. The molecule has 7 heteroatoms. The molecule has 0 unspecified atom stereocenters. The number of H-pyrrole nitrogens is 1. The summed E-state index contributed by atoms with van der Waals surface area (Å²) in [4.78, 5) is 25.9. The third-order valence-corrected chi connectivity index (χ3v) is 5.08. The average molecular weight is 407 g/mol. The smallest absolute Gasteiger partial charge is 0.280 e. The van der Waals surface area contributed by atoms with Crippen molar-refractivity contribution in [2.75, 3.05) is 5.01 Å². The zero-order chi connectivity index (χ0) is 20.7. The summed E-state index contributed by atoms with van der Waals surface area (Å²) in [6.07, 6.45) is 1.61. The summed E-state index contributed by atoms with van der Waals surface area (Å²) in [6, 6.07) is 14.5. The van der Waals surface area contributed by atoms with E-state index >= 15 is 0 Å². The molecular weight excluding hydrogens is 388 g/mol. The fourth-order valence-corrected chi connectivity index (χ4v) is 3.32. The van der Waals surface area contributed by atoms with Crippen LogP contribution in [0.4, 0.5) is 5.69 Å². The number of aryl methyl sites for hydroxylation is 2. The Morgan fingerprint density at radius 1 is 0.931 bits per heavy atom. The number of carbonyl (C=O) groups excluding carboxylic acids is 1. The van der Waals surface area contributed by atoms with Crippen LogP contribution in [0.15, 0.2) is 64.0 Å². The Labute approximate surface area is 172 Å². The Bertz CT molecular complexity index is 1220. The summed E-state index contributed by atoms with van der Waals surface area (Å²) in [5.74, 6) is -0.285. The lowest BCUT2D eigenvalue weighted by Gasteiger charge is -2.11. The van der Waals surface area contributed by atoms with Gasteiger partial charge >= 0.3 is 0 Å². The third kappa shape index (κ3) is 3.43. The lowest BCUT2D eigenvalue weighted by molar-refractivity contribution is -0.114. The second kappa shape index (κ2) is 7.22. The van der Waals surface area contributed by atoms with E-state index in [1.165, 1.54) is 9.69 Å². The van der Waals surface area contributed by atoms with Crippen LogP contribution in [0.1, 0.15) is 23.7 Å². The quantitative estimate of drug-likeness (QED) is 0.661. The molecule has 4 rings (SSSR count). The maximum Gasteiger partial charge on any atom is 0.280 e. The van der Waals surface area contributed by atoms with E-state index in [9.17, 15) is 9.59 Å². The van der Waals surface area contributed by atoms with E-state index in [1.807, 2.05) is 31.2 Å². The molecule has 29 heavy (non-hydrogen) atoms. The zero-order valence-electron chi connectivity index (χ0n) is 16.2. The molecule has 1 aromatic heterocycles. The number of benzene rings is 2. The van der Waals surface area contributed by atoms with Gasteiger partial charge in [0.05, 0.1) is 28.2 Å². The van der Waals surface area contributed by atoms with Crippen molar-refractivity contribution in [3.63, 3.8) is 0 Å². The third-order valence-electron chi connectivity index (χ3n) is 4.83. The molecule has 0 aliphatic carbocycles. The molecule has 0 fully saturated rings. The summed E-state index contributed by atoms with van der Waals surface area (Å²) in [7, 11) is 0. The summed E-state index contributed by atoms with van der Waals surface area (Å²) >= 11 is 5.92. The van der Waals surface area contributed by atoms with Gasteiger partial charge in [-0.3, -0.25) is 14.7 Å². The van der Waals surface area contributed by atoms with E-state index in [2.05, 4.69) is 10.2 Å². The van der Waals surface area contributed by atoms with Gasteiger partial charge in [-0.1, -0.05) is 29.3 Å². The fraction of sp³-hybridized carbons (Fsp3) is 0.136. The number of hydrogen-bond donors (Lipinski definition) is 1. The number of aromatic nitrogens is 2. The molecule has 3 aromatic rings. The van der Waals surface area contributed by atoms with Crippen molar-refractivity contribution >= 4 is 35.0 Å². The van der Waals surface area contributed by atoms with Crippen molar-refractivity contribution in [3.05, 3.63) is 86.3 Å². The van der Waals surface area contributed by atoms with Crippen LogP contribution in [-0.4, -0.2) is 21.4 Å². The first kappa shape index (κ1) is 19.0. The van der Waals surface area contributed by atoms with Crippen molar-refractivity contribution in [1.29, 1.82) is 0 Å². The highest BCUT2D eigenvalue weighted by Gasteiger charge is 2.29. The summed E-state index contributed by atoms with van der Waals surface area (Å²) < 4.78 is 1.48. The highest BCUT2D eigenvalue weighted by Crippen LogP contribution is 2.26. The number of anilines is 1. The summed E-state index contributed by atoms with van der Waals surface area (Å²) in [5.41, 5.74) is 4.28. The molecule has 1 amide bonds. The highest BCUT2D eigenvalue weighted by molar-refractivity contribution is 6.32. The van der Waals surface area contributed by atoms with E-state index in [0.29, 0.717) is 33.3 Å². The van der Waals surface area contributed by atoms with Gasteiger partial charge in [0.2, 0.25) is 0 Å². The minimum atomic E-state index is -0.285. The van der Waals surface area contributed by atoms with E-state index in [-0.39, 0.29) is 11.5 Å². The van der Waals surface area contributed by atoms with Crippen molar-refractivity contribution in [2.45, 2.75) is 20.8 Å². The van der Waals surface area contributed by atoms with Crippen molar-refractivity contribution in [3.8, 4) is 5.69 Å². The van der Waals surface area contributed by atoms with Crippen LogP contribution < -0.4 is 10.6 Å². The SMILES string of the molecule is CC1=NN(c2ccc(Cl)cc2)C(=O)/C1=C\c1c(C)[nH]n(-c2ccc(C)cc2)c1=O. The summed E-state index contributed by atoms with van der Waals surface area (Å²) in [5, 5.41) is 9.33. The molecule has 1 N–H and O–H groups in total. The Morgan fingerprint density at radius 2 is 1.55 bits per heavy atom. The molecule has 146 valence electrons. The van der Waals surface area contributed by atoms with Crippen LogP contribution in [0.5, 0.6) is 0 Å². The number of carbonyl (C=O) groups is 1. The Hall–Kier alpha value is -3.38. The first-order valence-electron chi connectivity index (χ1n) is 9.11. The second-order valence-corrected chi connectivity index (χ2v) is 7.40. The summed E-state index contributed by atoms with van der Waals surface area (Å²) in [6.45, 7) is 5.55. The van der Waals surface area contributed by atoms with Gasteiger partial charge in [-0.2, -0.15) is 10.1 Å². The first-order chi connectivity index (χ1) is 13.8. The normalized spacial score (nSPS) is 15.3. The fourth-order valence-electron chi connectivity index (χ4n) is 3.19. The minimum absolute atomic E-state index is 0.218. The Kier molecular flexibility index (Phi) is 4.72. The van der Waals surface area contributed by atoms with Gasteiger partial charge in [0.1, 0.15) is 0 Å². The van der Waals surface area contributed by atoms with E-state index < -0.39 is 0 Å². The average Bonchev–Trinajstić information content (AvgIpc) is 3.14. The maximum atomic E-state index is 13.0. The van der Waals surface area contributed by atoms with Gasteiger partial charge in [-0.05, 0) is 63.2 Å². The van der Waals surface area contributed by atoms with Crippen LogP contribution in [0.3, 0.4) is 0 Å². The van der Waals surface area contributed by atoms with Crippen LogP contribution in [0, 0.1) is 13.8 Å². The van der Waals surface area contributed by atoms with Crippen molar-refractivity contribution in [1.82, 2.24) is 9.78 Å². The first-order valence-corrected chi connectivity index (χ1v) is 9.49. The van der Waals surface area contributed by atoms with Crippen LogP contribution in [-0.2, 0) is 4.79 Å². The number of rotatable bonds is 3. The lowest BCUT2D eigenvalue weighted by Crippen LogP contribution is -2.21. The van der Waals surface area contributed by atoms with Gasteiger partial charge in [0.15, 0.2) is 0 Å². The number of amides is 1. The Morgan fingerprint density at radius 3 is 2.21 bits per heavy atom. The molecule has 1 aliphatic heterocycles. The van der Waals surface area contributed by atoms with Crippen LogP contribution >= 0.6 is 11.6 Å². The number of halogens is 1. The predicted octanol–water partition coefficient (Wildman–Crippen LogP) is 4.24. The molecule has 0 radical (unpaired) electrons. The number of nitrogens with one attached hydrogen (secondary N) is 1. The van der Waals surface area contributed by atoms with Crippen molar-refractivity contribution in [2.24, 2.45) is 5.10 Å². The number of hydrogen-bond acceptors (Lipinski definition) is 3. The maximum absolute atomic E-state index is 13.0. The number of nitrogens with zero attached hydrogens (tertiary/aromatic N) is 3. The predicted molar refractivity (Wildman–Crippen MR) is 116 cm³/mol. The largest absolute Gasteiger partial charge is 0.295 e. The molecule has 0 atom stereocenters.